The number of anilines is 1. The molecule has 1 N–H and O–H groups in total. The first-order valence-corrected chi connectivity index (χ1v) is 10.8. The molecule has 2 heterocycles. The quantitative estimate of drug-likeness (QED) is 0.400. The van der Waals surface area contributed by atoms with E-state index in [1.54, 1.807) is 44.4 Å². The van der Waals surface area contributed by atoms with Gasteiger partial charge in [0, 0.05) is 11.3 Å². The van der Waals surface area contributed by atoms with Crippen LogP contribution in [0.4, 0.5) is 19.3 Å². The van der Waals surface area contributed by atoms with Gasteiger partial charge in [0.05, 0.1) is 24.4 Å². The number of benzene rings is 3. The highest BCUT2D eigenvalue weighted by atomic mass is 19.1. The molecule has 0 radical (unpaired) electrons. The summed E-state index contributed by atoms with van der Waals surface area (Å²) < 4.78 is 38.6. The van der Waals surface area contributed by atoms with Crippen LogP contribution in [0.25, 0.3) is 17.0 Å². The molecule has 4 aromatic rings. The van der Waals surface area contributed by atoms with Crippen molar-refractivity contribution in [1.82, 2.24) is 15.5 Å². The number of amides is 2. The standard InChI is InChI=1S/C26H20F2N4O3/c1-15-22(25-30-24(31-35-25)17-5-3-6-18(27)13-17)23(16-9-11-21(34-2)12-10-16)29-26(33)32(15)20-8-4-7-19(28)14-20/h3-14,23H,1-2H3,(H,29,33). The van der Waals surface area contributed by atoms with Crippen LogP contribution >= 0.6 is 0 Å². The Bertz CT molecular complexity index is 1430. The van der Waals surface area contributed by atoms with Crippen LogP contribution in [-0.4, -0.2) is 23.3 Å². The average molecular weight is 474 g/mol. The summed E-state index contributed by atoms with van der Waals surface area (Å²) in [6.07, 6.45) is 0. The van der Waals surface area contributed by atoms with Gasteiger partial charge in [0.2, 0.25) is 5.82 Å². The highest BCUT2D eigenvalue weighted by Crippen LogP contribution is 2.39. The minimum absolute atomic E-state index is 0.143. The van der Waals surface area contributed by atoms with Crippen LogP contribution in [0.5, 0.6) is 5.75 Å². The number of hydrogen-bond donors (Lipinski definition) is 1. The molecule has 1 aliphatic rings. The summed E-state index contributed by atoms with van der Waals surface area (Å²) in [4.78, 5) is 19.0. The molecule has 1 aliphatic heterocycles. The van der Waals surface area contributed by atoms with Crippen LogP contribution in [-0.2, 0) is 0 Å². The second-order valence-electron chi connectivity index (χ2n) is 7.90. The summed E-state index contributed by atoms with van der Waals surface area (Å²) in [6.45, 7) is 1.72. The van der Waals surface area contributed by atoms with E-state index in [4.69, 9.17) is 9.26 Å². The Morgan fingerprint density at radius 3 is 2.40 bits per heavy atom. The number of nitrogens with zero attached hydrogens (tertiary/aromatic N) is 3. The Morgan fingerprint density at radius 1 is 1.00 bits per heavy atom. The van der Waals surface area contributed by atoms with Gasteiger partial charge in [-0.3, -0.25) is 4.90 Å². The smallest absolute Gasteiger partial charge is 0.327 e. The monoisotopic (exact) mass is 474 g/mol. The van der Waals surface area contributed by atoms with Gasteiger partial charge < -0.3 is 14.6 Å². The minimum atomic E-state index is -0.640. The zero-order valence-corrected chi connectivity index (χ0v) is 18.8. The molecule has 0 saturated carbocycles. The van der Waals surface area contributed by atoms with E-state index in [2.05, 4.69) is 15.5 Å². The number of aromatic nitrogens is 2. The number of halogens is 2. The van der Waals surface area contributed by atoms with Crippen molar-refractivity contribution in [1.29, 1.82) is 0 Å². The first-order valence-electron chi connectivity index (χ1n) is 10.8. The van der Waals surface area contributed by atoms with Crippen molar-refractivity contribution in [3.8, 4) is 17.1 Å². The van der Waals surface area contributed by atoms with Crippen molar-refractivity contribution in [3.63, 3.8) is 0 Å². The van der Waals surface area contributed by atoms with Crippen molar-refractivity contribution in [2.24, 2.45) is 0 Å². The summed E-state index contributed by atoms with van der Waals surface area (Å²) in [5, 5.41) is 6.98. The lowest BCUT2D eigenvalue weighted by Gasteiger charge is -2.35. The van der Waals surface area contributed by atoms with Crippen molar-refractivity contribution in [2.45, 2.75) is 13.0 Å². The van der Waals surface area contributed by atoms with E-state index >= 15 is 0 Å². The van der Waals surface area contributed by atoms with Gasteiger partial charge in [-0.25, -0.2) is 13.6 Å². The summed E-state index contributed by atoms with van der Waals surface area (Å²) in [5.74, 6) is 0.0906. The molecule has 7 nitrogen and oxygen atoms in total. The van der Waals surface area contributed by atoms with E-state index in [1.165, 1.54) is 35.2 Å². The topological polar surface area (TPSA) is 80.5 Å². The van der Waals surface area contributed by atoms with Crippen molar-refractivity contribution >= 4 is 17.3 Å². The van der Waals surface area contributed by atoms with Gasteiger partial charge in [-0.05, 0) is 55.0 Å². The number of nitrogens with one attached hydrogen (secondary N) is 1. The zero-order chi connectivity index (χ0) is 24.5. The number of hydrogen-bond acceptors (Lipinski definition) is 5. The van der Waals surface area contributed by atoms with Gasteiger partial charge in [0.15, 0.2) is 0 Å². The molecule has 0 bridgehead atoms. The second kappa shape index (κ2) is 9.02. The third-order valence-electron chi connectivity index (χ3n) is 5.74. The molecule has 1 atom stereocenters. The molecule has 3 aromatic carbocycles. The Labute approximate surface area is 199 Å². The lowest BCUT2D eigenvalue weighted by atomic mass is 9.94. The molecule has 2 amide bonds. The summed E-state index contributed by atoms with van der Waals surface area (Å²) >= 11 is 0. The number of carbonyl (C=O) groups is 1. The summed E-state index contributed by atoms with van der Waals surface area (Å²) in [6, 6.07) is 17.7. The molecular weight excluding hydrogens is 454 g/mol. The van der Waals surface area contributed by atoms with Crippen LogP contribution in [0.15, 0.2) is 83.0 Å². The molecule has 0 aliphatic carbocycles. The molecule has 35 heavy (non-hydrogen) atoms. The van der Waals surface area contributed by atoms with Crippen molar-refractivity contribution in [2.75, 3.05) is 12.0 Å². The molecule has 1 unspecified atom stereocenters. The van der Waals surface area contributed by atoms with Crippen LogP contribution in [0.3, 0.4) is 0 Å². The predicted octanol–water partition coefficient (Wildman–Crippen LogP) is 5.73. The van der Waals surface area contributed by atoms with Gasteiger partial charge in [-0.1, -0.05) is 35.5 Å². The molecule has 9 heteroatoms. The van der Waals surface area contributed by atoms with E-state index in [0.717, 1.165) is 5.56 Å². The average Bonchev–Trinajstić information content (AvgIpc) is 3.34. The highest BCUT2D eigenvalue weighted by molar-refractivity contribution is 6.01. The normalized spacial score (nSPS) is 15.8. The van der Waals surface area contributed by atoms with E-state index < -0.39 is 23.7 Å². The molecular formula is C26H20F2N4O3. The van der Waals surface area contributed by atoms with Crippen LogP contribution in [0.1, 0.15) is 24.4 Å². The van der Waals surface area contributed by atoms with Gasteiger partial charge in [0.25, 0.3) is 5.89 Å². The number of carbonyl (C=O) groups excluding carboxylic acids is 1. The number of urea groups is 1. The lowest BCUT2D eigenvalue weighted by molar-refractivity contribution is 0.244. The van der Waals surface area contributed by atoms with Crippen LogP contribution in [0.2, 0.25) is 0 Å². The molecule has 0 fully saturated rings. The van der Waals surface area contributed by atoms with E-state index in [9.17, 15) is 13.6 Å². The Morgan fingerprint density at radius 2 is 1.71 bits per heavy atom. The van der Waals surface area contributed by atoms with Gasteiger partial charge in [-0.2, -0.15) is 4.98 Å². The third kappa shape index (κ3) is 4.23. The van der Waals surface area contributed by atoms with Crippen molar-refractivity contribution < 1.29 is 22.8 Å². The van der Waals surface area contributed by atoms with E-state index in [1.807, 2.05) is 12.1 Å². The predicted molar refractivity (Wildman–Crippen MR) is 125 cm³/mol. The highest BCUT2D eigenvalue weighted by Gasteiger charge is 2.36. The lowest BCUT2D eigenvalue weighted by Crippen LogP contribution is -2.46. The molecule has 5 rings (SSSR count). The first-order chi connectivity index (χ1) is 16.9. The largest absolute Gasteiger partial charge is 0.497 e. The van der Waals surface area contributed by atoms with Gasteiger partial charge >= 0.3 is 6.03 Å². The number of ether oxygens (including phenoxy) is 1. The molecule has 0 spiro atoms. The summed E-state index contributed by atoms with van der Waals surface area (Å²) in [7, 11) is 1.57. The summed E-state index contributed by atoms with van der Waals surface area (Å²) in [5.41, 5.74) is 2.54. The minimum Gasteiger partial charge on any atom is -0.497 e. The maximum absolute atomic E-state index is 14.0. The van der Waals surface area contributed by atoms with Gasteiger partial charge in [-0.15, -0.1) is 0 Å². The maximum atomic E-state index is 14.0. The Balaban J connectivity index is 1.65. The zero-order valence-electron chi connectivity index (χ0n) is 18.8. The van der Waals surface area contributed by atoms with E-state index in [-0.39, 0.29) is 11.7 Å². The molecule has 0 saturated heterocycles. The fourth-order valence-corrected chi connectivity index (χ4v) is 4.07. The fraction of sp³-hybridized carbons (Fsp3) is 0.115. The molecule has 176 valence electrons. The third-order valence-corrected chi connectivity index (χ3v) is 5.74. The van der Waals surface area contributed by atoms with Crippen LogP contribution < -0.4 is 15.0 Å². The van der Waals surface area contributed by atoms with E-state index in [0.29, 0.717) is 28.3 Å². The number of rotatable bonds is 5. The SMILES string of the molecule is COc1ccc(C2NC(=O)N(c3cccc(F)c3)C(C)=C2c2nc(-c3cccc(F)c3)no2)cc1. The fourth-order valence-electron chi connectivity index (χ4n) is 4.07. The van der Waals surface area contributed by atoms with Crippen LogP contribution in [0, 0.1) is 11.6 Å². The maximum Gasteiger partial charge on any atom is 0.327 e. The Kier molecular flexibility index (Phi) is 5.74. The Hall–Kier alpha value is -4.53. The van der Waals surface area contributed by atoms with Gasteiger partial charge in [0.1, 0.15) is 17.4 Å². The molecule has 1 aromatic heterocycles. The number of methoxy groups -OCH3 is 1. The van der Waals surface area contributed by atoms with Crippen molar-refractivity contribution in [3.05, 3.63) is 102 Å². The second-order valence-corrected chi connectivity index (χ2v) is 7.90. The first kappa shape index (κ1) is 22.3. The number of allylic oxidation sites excluding steroid dienone is 1.